The van der Waals surface area contributed by atoms with Crippen LogP contribution in [-0.4, -0.2) is 30.0 Å². The summed E-state index contributed by atoms with van der Waals surface area (Å²) in [5.74, 6) is 0.591. The second-order valence-corrected chi connectivity index (χ2v) is 5.86. The molecule has 2 heterocycles. The van der Waals surface area contributed by atoms with Crippen molar-refractivity contribution in [1.29, 1.82) is 0 Å². The minimum atomic E-state index is -4.37. The van der Waals surface area contributed by atoms with Crippen LogP contribution in [0.2, 0.25) is 0 Å². The van der Waals surface area contributed by atoms with Crippen LogP contribution in [0.15, 0.2) is 18.3 Å². The number of rotatable bonds is 5. The molecule has 1 aromatic rings. The second-order valence-electron chi connectivity index (χ2n) is 5.86. The van der Waals surface area contributed by atoms with E-state index in [0.717, 1.165) is 31.5 Å². The highest BCUT2D eigenvalue weighted by Crippen LogP contribution is 2.29. The van der Waals surface area contributed by atoms with E-state index in [2.05, 4.69) is 10.3 Å². The van der Waals surface area contributed by atoms with Crippen molar-refractivity contribution in [2.24, 2.45) is 5.92 Å². The molecule has 128 valence electrons. The van der Waals surface area contributed by atoms with Crippen molar-refractivity contribution in [3.05, 3.63) is 23.9 Å². The zero-order chi connectivity index (χ0) is 17.0. The number of nitrogens with one attached hydrogen (secondary N) is 1. The first-order chi connectivity index (χ1) is 10.8. The van der Waals surface area contributed by atoms with Crippen molar-refractivity contribution in [3.63, 3.8) is 0 Å². The highest BCUT2D eigenvalue weighted by molar-refractivity contribution is 5.79. The van der Waals surface area contributed by atoms with Crippen LogP contribution in [0.3, 0.4) is 0 Å². The SMILES string of the molecule is CCC(CC)C(=O)NC1CCN(c2ccc(C(F)(F)F)cn2)C1. The maximum Gasteiger partial charge on any atom is 0.417 e. The Kier molecular flexibility index (Phi) is 5.49. The Morgan fingerprint density at radius 2 is 2.09 bits per heavy atom. The van der Waals surface area contributed by atoms with Crippen LogP contribution in [0.1, 0.15) is 38.7 Å². The third-order valence-corrected chi connectivity index (χ3v) is 4.29. The number of carbonyl (C=O) groups is 1. The van der Waals surface area contributed by atoms with Crippen molar-refractivity contribution in [3.8, 4) is 0 Å². The fourth-order valence-electron chi connectivity index (χ4n) is 2.81. The average Bonchev–Trinajstić information content (AvgIpc) is 2.96. The van der Waals surface area contributed by atoms with Crippen LogP contribution in [0.5, 0.6) is 0 Å². The molecule has 2 rings (SSSR count). The number of hydrogen-bond donors (Lipinski definition) is 1. The average molecular weight is 329 g/mol. The second kappa shape index (κ2) is 7.19. The number of pyridine rings is 1. The molecule has 0 aromatic carbocycles. The number of nitrogens with zero attached hydrogens (tertiary/aromatic N) is 2. The molecule has 1 aliphatic rings. The Labute approximate surface area is 134 Å². The van der Waals surface area contributed by atoms with Gasteiger partial charge in [-0.1, -0.05) is 13.8 Å². The summed E-state index contributed by atoms with van der Waals surface area (Å²) in [6.07, 6.45) is -1.14. The molecule has 0 spiro atoms. The van der Waals surface area contributed by atoms with E-state index in [4.69, 9.17) is 0 Å². The van der Waals surface area contributed by atoms with Gasteiger partial charge in [-0.2, -0.15) is 13.2 Å². The number of halogens is 3. The first kappa shape index (κ1) is 17.6. The van der Waals surface area contributed by atoms with Gasteiger partial charge in [-0.25, -0.2) is 4.98 Å². The van der Waals surface area contributed by atoms with E-state index >= 15 is 0 Å². The summed E-state index contributed by atoms with van der Waals surface area (Å²) in [7, 11) is 0. The lowest BCUT2D eigenvalue weighted by molar-refractivity contribution is -0.137. The Bertz CT molecular complexity index is 526. The molecule has 1 unspecified atom stereocenters. The minimum absolute atomic E-state index is 0.0205. The van der Waals surface area contributed by atoms with Gasteiger partial charge in [0, 0.05) is 31.2 Å². The molecule has 1 aromatic heterocycles. The van der Waals surface area contributed by atoms with E-state index < -0.39 is 11.7 Å². The zero-order valence-electron chi connectivity index (χ0n) is 13.4. The molecule has 0 saturated carbocycles. The monoisotopic (exact) mass is 329 g/mol. The van der Waals surface area contributed by atoms with Crippen LogP contribution in [-0.2, 0) is 11.0 Å². The van der Waals surface area contributed by atoms with Crippen LogP contribution in [0, 0.1) is 5.92 Å². The van der Waals surface area contributed by atoms with E-state index in [0.29, 0.717) is 18.9 Å². The molecule has 0 bridgehead atoms. The summed E-state index contributed by atoms with van der Waals surface area (Å²) in [5.41, 5.74) is -0.751. The molecular weight excluding hydrogens is 307 g/mol. The van der Waals surface area contributed by atoms with Crippen LogP contribution in [0.25, 0.3) is 0 Å². The van der Waals surface area contributed by atoms with Crippen LogP contribution < -0.4 is 10.2 Å². The van der Waals surface area contributed by atoms with Gasteiger partial charge in [0.25, 0.3) is 0 Å². The van der Waals surface area contributed by atoms with Crippen LogP contribution in [0.4, 0.5) is 19.0 Å². The number of alkyl halides is 3. The van der Waals surface area contributed by atoms with Crippen molar-refractivity contribution < 1.29 is 18.0 Å². The van der Waals surface area contributed by atoms with E-state index in [-0.39, 0.29) is 17.9 Å². The fraction of sp³-hybridized carbons (Fsp3) is 0.625. The smallest absolute Gasteiger partial charge is 0.354 e. The summed E-state index contributed by atoms with van der Waals surface area (Å²) in [6.45, 7) is 5.22. The topological polar surface area (TPSA) is 45.2 Å². The minimum Gasteiger partial charge on any atom is -0.354 e. The number of anilines is 1. The molecule has 0 aliphatic carbocycles. The first-order valence-corrected chi connectivity index (χ1v) is 7.93. The molecule has 7 heteroatoms. The van der Waals surface area contributed by atoms with Gasteiger partial charge in [-0.15, -0.1) is 0 Å². The van der Waals surface area contributed by atoms with Gasteiger partial charge in [0.15, 0.2) is 0 Å². The Hall–Kier alpha value is -1.79. The quantitative estimate of drug-likeness (QED) is 0.902. The van der Waals surface area contributed by atoms with Crippen molar-refractivity contribution >= 4 is 11.7 Å². The molecule has 4 nitrogen and oxygen atoms in total. The third-order valence-electron chi connectivity index (χ3n) is 4.29. The number of hydrogen-bond acceptors (Lipinski definition) is 3. The lowest BCUT2D eigenvalue weighted by Crippen LogP contribution is -2.40. The van der Waals surface area contributed by atoms with Gasteiger partial charge in [0.2, 0.25) is 5.91 Å². The van der Waals surface area contributed by atoms with Crippen molar-refractivity contribution in [2.45, 2.75) is 45.3 Å². The van der Waals surface area contributed by atoms with Gasteiger partial charge in [-0.3, -0.25) is 4.79 Å². The van der Waals surface area contributed by atoms with Gasteiger partial charge in [-0.05, 0) is 31.4 Å². The molecular formula is C16H22F3N3O. The molecule has 23 heavy (non-hydrogen) atoms. The summed E-state index contributed by atoms with van der Waals surface area (Å²) in [5, 5.41) is 3.03. The first-order valence-electron chi connectivity index (χ1n) is 7.93. The lowest BCUT2D eigenvalue weighted by Gasteiger charge is -2.20. The molecule has 1 atom stereocenters. The van der Waals surface area contributed by atoms with Gasteiger partial charge in [0.1, 0.15) is 5.82 Å². The third kappa shape index (κ3) is 4.36. The summed E-state index contributed by atoms with van der Waals surface area (Å²) >= 11 is 0. The van der Waals surface area contributed by atoms with E-state index in [9.17, 15) is 18.0 Å². The maximum absolute atomic E-state index is 12.5. The Morgan fingerprint density at radius 1 is 1.39 bits per heavy atom. The summed E-state index contributed by atoms with van der Waals surface area (Å²) in [6, 6.07) is 2.44. The molecule has 0 radical (unpaired) electrons. The number of aromatic nitrogens is 1. The molecule has 1 N–H and O–H groups in total. The van der Waals surface area contributed by atoms with Gasteiger partial charge in [0.05, 0.1) is 5.56 Å². The number of carbonyl (C=O) groups excluding carboxylic acids is 1. The number of amides is 1. The Balaban J connectivity index is 1.93. The largest absolute Gasteiger partial charge is 0.417 e. The highest BCUT2D eigenvalue weighted by Gasteiger charge is 2.31. The fourth-order valence-corrected chi connectivity index (χ4v) is 2.81. The van der Waals surface area contributed by atoms with E-state index in [1.807, 2.05) is 18.7 Å². The molecule has 1 saturated heterocycles. The molecule has 1 aliphatic heterocycles. The van der Waals surface area contributed by atoms with Crippen molar-refractivity contribution in [1.82, 2.24) is 10.3 Å². The van der Waals surface area contributed by atoms with Gasteiger partial charge < -0.3 is 10.2 Å². The zero-order valence-corrected chi connectivity index (χ0v) is 13.4. The summed E-state index contributed by atoms with van der Waals surface area (Å²) in [4.78, 5) is 17.9. The van der Waals surface area contributed by atoms with Crippen molar-refractivity contribution in [2.75, 3.05) is 18.0 Å². The van der Waals surface area contributed by atoms with Gasteiger partial charge >= 0.3 is 6.18 Å². The van der Waals surface area contributed by atoms with Crippen LogP contribution >= 0.6 is 0 Å². The molecule has 1 fully saturated rings. The standard InChI is InChI=1S/C16H22F3N3O/c1-3-11(4-2)15(23)21-13-7-8-22(10-13)14-6-5-12(9-20-14)16(17,18)19/h5-6,9,11,13H,3-4,7-8,10H2,1-2H3,(H,21,23). The predicted octanol–water partition coefficient (Wildman–Crippen LogP) is 3.23. The summed E-state index contributed by atoms with van der Waals surface area (Å²) < 4.78 is 37.6. The van der Waals surface area contributed by atoms with E-state index in [1.54, 1.807) is 0 Å². The predicted molar refractivity (Wildman–Crippen MR) is 82.1 cm³/mol. The van der Waals surface area contributed by atoms with E-state index in [1.165, 1.54) is 6.07 Å². The highest BCUT2D eigenvalue weighted by atomic mass is 19.4. The normalized spacial score (nSPS) is 18.5. The Morgan fingerprint density at radius 3 is 2.61 bits per heavy atom. The lowest BCUT2D eigenvalue weighted by atomic mass is 10.0. The molecule has 1 amide bonds. The maximum atomic E-state index is 12.5.